The highest BCUT2D eigenvalue weighted by atomic mass is 35.5. The molecule has 2 aromatic carbocycles. The number of hydrogen-bond acceptors (Lipinski definition) is 1. The van der Waals surface area contributed by atoms with Crippen molar-refractivity contribution in [1.82, 2.24) is 0 Å². The van der Waals surface area contributed by atoms with Gasteiger partial charge in [-0.25, -0.2) is 8.78 Å². The van der Waals surface area contributed by atoms with Crippen molar-refractivity contribution >= 4 is 11.6 Å². The zero-order valence-corrected chi connectivity index (χ0v) is 16.9. The van der Waals surface area contributed by atoms with Crippen LogP contribution in [0.5, 0.6) is 5.75 Å². The molecule has 0 saturated heterocycles. The van der Waals surface area contributed by atoms with Crippen LogP contribution in [0.15, 0.2) is 36.4 Å². The van der Waals surface area contributed by atoms with E-state index in [1.807, 2.05) is 24.3 Å². The van der Waals surface area contributed by atoms with E-state index < -0.39 is 11.2 Å². The molecule has 3 atom stereocenters. The topological polar surface area (TPSA) is 9.23 Å². The normalized spacial score (nSPS) is 31.6. The van der Waals surface area contributed by atoms with Crippen molar-refractivity contribution in [2.75, 3.05) is 6.61 Å². The fourth-order valence-electron chi connectivity index (χ4n) is 5.88. The van der Waals surface area contributed by atoms with Gasteiger partial charge in [0.05, 0.1) is 6.61 Å². The Kier molecular flexibility index (Phi) is 4.24. The first-order valence-electron chi connectivity index (χ1n) is 10.3. The fourth-order valence-corrected chi connectivity index (χ4v) is 6.01. The molecule has 0 unspecified atom stereocenters. The summed E-state index contributed by atoms with van der Waals surface area (Å²) in [5.74, 6) is 0.289. The van der Waals surface area contributed by atoms with Crippen LogP contribution >= 0.6 is 11.6 Å². The third kappa shape index (κ3) is 2.85. The molecule has 28 heavy (non-hydrogen) atoms. The monoisotopic (exact) mass is 402 g/mol. The molecule has 4 heteroatoms. The van der Waals surface area contributed by atoms with Crippen LogP contribution in [0.3, 0.4) is 0 Å². The van der Waals surface area contributed by atoms with Crippen LogP contribution in [0, 0.1) is 28.9 Å². The van der Waals surface area contributed by atoms with Gasteiger partial charge in [-0.3, -0.25) is 0 Å². The molecule has 0 bridgehead atoms. The second-order valence-electron chi connectivity index (χ2n) is 9.33. The number of hydrogen-bond donors (Lipinski definition) is 0. The van der Waals surface area contributed by atoms with Gasteiger partial charge in [0.25, 0.3) is 0 Å². The van der Waals surface area contributed by atoms with Crippen LogP contribution in [-0.2, 0) is 11.8 Å². The Morgan fingerprint density at radius 1 is 1.00 bits per heavy atom. The van der Waals surface area contributed by atoms with E-state index in [2.05, 4.69) is 6.92 Å². The van der Waals surface area contributed by atoms with Crippen LogP contribution < -0.4 is 4.74 Å². The van der Waals surface area contributed by atoms with E-state index in [0.29, 0.717) is 29.0 Å². The third-order valence-corrected chi connectivity index (χ3v) is 7.87. The van der Waals surface area contributed by atoms with Crippen molar-refractivity contribution in [2.24, 2.45) is 17.3 Å². The number of ether oxygens (including phenoxy) is 1. The summed E-state index contributed by atoms with van der Waals surface area (Å²) in [6.45, 7) is 2.84. The van der Waals surface area contributed by atoms with E-state index >= 15 is 4.39 Å². The highest BCUT2D eigenvalue weighted by Crippen LogP contribution is 2.62. The van der Waals surface area contributed by atoms with Crippen LogP contribution in [0.2, 0.25) is 5.02 Å². The fraction of sp³-hybridized carbons (Fsp3) is 0.500. The van der Waals surface area contributed by atoms with Gasteiger partial charge in [-0.2, -0.15) is 0 Å². The minimum atomic E-state index is -0.458. The summed E-state index contributed by atoms with van der Waals surface area (Å²) < 4.78 is 35.5. The summed E-state index contributed by atoms with van der Waals surface area (Å²) in [6, 6.07) is 10.2. The average molecular weight is 403 g/mol. The van der Waals surface area contributed by atoms with Crippen LogP contribution in [0.4, 0.5) is 8.78 Å². The summed E-state index contributed by atoms with van der Waals surface area (Å²) in [4.78, 5) is 0. The minimum Gasteiger partial charge on any atom is -0.490 e. The number of benzene rings is 2. The lowest BCUT2D eigenvalue weighted by molar-refractivity contribution is 0.00759. The van der Waals surface area contributed by atoms with E-state index in [9.17, 15) is 4.39 Å². The first-order chi connectivity index (χ1) is 13.4. The van der Waals surface area contributed by atoms with E-state index in [4.69, 9.17) is 16.3 Å². The molecule has 0 N–H and O–H groups in total. The highest BCUT2D eigenvalue weighted by molar-refractivity contribution is 6.30. The van der Waals surface area contributed by atoms with E-state index in [0.717, 1.165) is 30.7 Å². The van der Waals surface area contributed by atoms with Crippen molar-refractivity contribution in [1.29, 1.82) is 0 Å². The molecule has 2 saturated carbocycles. The van der Waals surface area contributed by atoms with Gasteiger partial charge in [0.1, 0.15) is 5.82 Å². The predicted molar refractivity (Wildman–Crippen MR) is 107 cm³/mol. The Labute approximate surface area is 170 Å². The Balaban J connectivity index is 1.62. The van der Waals surface area contributed by atoms with Gasteiger partial charge in [-0.05, 0) is 79.7 Å². The van der Waals surface area contributed by atoms with Gasteiger partial charge < -0.3 is 4.74 Å². The summed E-state index contributed by atoms with van der Waals surface area (Å²) in [6.07, 6.45) is 6.22. The van der Waals surface area contributed by atoms with Crippen LogP contribution in [0.1, 0.15) is 50.2 Å². The highest BCUT2D eigenvalue weighted by Gasteiger charge is 2.56. The van der Waals surface area contributed by atoms with Crippen molar-refractivity contribution in [3.05, 3.63) is 64.2 Å². The molecule has 3 aliphatic rings. The second kappa shape index (κ2) is 6.45. The molecule has 2 fully saturated rings. The van der Waals surface area contributed by atoms with E-state index in [1.165, 1.54) is 25.0 Å². The minimum absolute atomic E-state index is 0.125. The van der Waals surface area contributed by atoms with Gasteiger partial charge in [0.15, 0.2) is 11.6 Å². The molecule has 148 valence electrons. The van der Waals surface area contributed by atoms with Gasteiger partial charge in [-0.15, -0.1) is 0 Å². The molecule has 0 aromatic heterocycles. The Bertz CT molecular complexity index is 908. The number of halogens is 3. The molecular formula is C24H25ClF2O. The van der Waals surface area contributed by atoms with Crippen LogP contribution in [0.25, 0.3) is 0 Å². The van der Waals surface area contributed by atoms with E-state index in [1.54, 1.807) is 0 Å². The molecule has 0 radical (unpaired) electrons. The SMILES string of the molecule is C[C@@]1(C2CC2)CC[C@@]2(Cc3ccc(Cl)cc3)c3c(F)ccc(F)c3OC[C@H]2C1. The van der Waals surface area contributed by atoms with E-state index in [-0.39, 0.29) is 17.5 Å². The lowest BCUT2D eigenvalue weighted by Crippen LogP contribution is -2.51. The van der Waals surface area contributed by atoms with Crippen LogP contribution in [-0.4, -0.2) is 6.61 Å². The Morgan fingerprint density at radius 2 is 1.71 bits per heavy atom. The molecule has 5 rings (SSSR count). The summed E-state index contributed by atoms with van der Waals surface area (Å²) in [5.41, 5.74) is 1.43. The molecule has 0 amide bonds. The molecule has 0 spiro atoms. The first-order valence-corrected chi connectivity index (χ1v) is 10.6. The Hall–Kier alpha value is -1.61. The van der Waals surface area contributed by atoms with Gasteiger partial charge >= 0.3 is 0 Å². The smallest absolute Gasteiger partial charge is 0.165 e. The molecule has 1 aliphatic heterocycles. The third-order valence-electron chi connectivity index (χ3n) is 7.62. The molecule has 2 aliphatic carbocycles. The maximum Gasteiger partial charge on any atom is 0.165 e. The maximum absolute atomic E-state index is 15.1. The van der Waals surface area contributed by atoms with Gasteiger partial charge in [0, 0.05) is 21.9 Å². The molecule has 2 aromatic rings. The zero-order valence-electron chi connectivity index (χ0n) is 16.1. The average Bonchev–Trinajstić information content (AvgIpc) is 3.52. The zero-order chi connectivity index (χ0) is 19.5. The van der Waals surface area contributed by atoms with Crippen molar-refractivity contribution in [3.63, 3.8) is 0 Å². The quantitative estimate of drug-likeness (QED) is 0.554. The Morgan fingerprint density at radius 3 is 2.43 bits per heavy atom. The summed E-state index contributed by atoms with van der Waals surface area (Å²) in [5, 5.41) is 0.687. The first kappa shape index (κ1) is 18.4. The number of rotatable bonds is 3. The summed E-state index contributed by atoms with van der Waals surface area (Å²) in [7, 11) is 0. The maximum atomic E-state index is 15.1. The predicted octanol–water partition coefficient (Wildman–Crippen LogP) is 6.71. The van der Waals surface area contributed by atoms with Crippen molar-refractivity contribution < 1.29 is 13.5 Å². The summed E-state index contributed by atoms with van der Waals surface area (Å²) >= 11 is 6.07. The molecule has 1 nitrogen and oxygen atoms in total. The van der Waals surface area contributed by atoms with Gasteiger partial charge in [-0.1, -0.05) is 30.7 Å². The number of fused-ring (bicyclic) bond motifs is 3. The molecule has 1 heterocycles. The lowest BCUT2D eigenvalue weighted by atomic mass is 9.52. The largest absolute Gasteiger partial charge is 0.490 e. The molecular weight excluding hydrogens is 378 g/mol. The standard InChI is InChI=1S/C24H25ClF2O/c1-23(16-4-5-16)10-11-24(12-15-2-6-18(25)7-3-15)17(13-23)14-28-22-20(27)9-8-19(26)21(22)24/h2-3,6-9,16-17H,4-5,10-14H2,1H3/t17-,23-,24+/m1/s1. The van der Waals surface area contributed by atoms with Crippen molar-refractivity contribution in [2.45, 2.75) is 50.9 Å². The second-order valence-corrected chi connectivity index (χ2v) is 9.77. The van der Waals surface area contributed by atoms with Gasteiger partial charge in [0.2, 0.25) is 0 Å². The lowest BCUT2D eigenvalue weighted by Gasteiger charge is -2.53. The van der Waals surface area contributed by atoms with Crippen molar-refractivity contribution in [3.8, 4) is 5.75 Å².